The zero-order valence-corrected chi connectivity index (χ0v) is 11.0. The van der Waals surface area contributed by atoms with Crippen molar-refractivity contribution in [2.24, 2.45) is 0 Å². The van der Waals surface area contributed by atoms with Crippen LogP contribution in [0.1, 0.15) is 11.1 Å². The minimum Gasteiger partial charge on any atom is -0.496 e. The summed E-state index contributed by atoms with van der Waals surface area (Å²) in [6, 6.07) is 12.5. The first-order valence-corrected chi connectivity index (χ1v) is 6.01. The van der Waals surface area contributed by atoms with Crippen molar-refractivity contribution in [2.75, 3.05) is 12.4 Å². The molecule has 0 bridgehead atoms. The van der Waals surface area contributed by atoms with Crippen molar-refractivity contribution < 1.29 is 9.53 Å². The van der Waals surface area contributed by atoms with Crippen LogP contribution in [0.2, 0.25) is 0 Å². The molecule has 0 unspecified atom stereocenters. The predicted molar refractivity (Wildman–Crippen MR) is 74.3 cm³/mol. The molecule has 0 aliphatic carbocycles. The number of hydrogen-bond acceptors (Lipinski definition) is 4. The van der Waals surface area contributed by atoms with Gasteiger partial charge in [0.25, 0.3) is 0 Å². The fourth-order valence-corrected chi connectivity index (χ4v) is 1.74. The van der Waals surface area contributed by atoms with Crippen molar-refractivity contribution in [3.63, 3.8) is 0 Å². The SMILES string of the molecule is COc1ccccc1CC(=O)Nc1ccc(C#N)cn1. The second kappa shape index (κ2) is 6.34. The summed E-state index contributed by atoms with van der Waals surface area (Å²) in [5.41, 5.74) is 1.26. The van der Waals surface area contributed by atoms with Gasteiger partial charge in [-0.15, -0.1) is 0 Å². The van der Waals surface area contributed by atoms with Crippen LogP contribution < -0.4 is 10.1 Å². The number of pyridine rings is 1. The first-order valence-electron chi connectivity index (χ1n) is 6.01. The van der Waals surface area contributed by atoms with E-state index < -0.39 is 0 Å². The Balaban J connectivity index is 2.03. The highest BCUT2D eigenvalue weighted by atomic mass is 16.5. The minimum absolute atomic E-state index is 0.188. The van der Waals surface area contributed by atoms with Gasteiger partial charge in [-0.2, -0.15) is 5.26 Å². The van der Waals surface area contributed by atoms with E-state index in [1.54, 1.807) is 19.2 Å². The molecule has 5 heteroatoms. The Bertz CT molecular complexity index is 645. The number of nitrogens with zero attached hydrogens (tertiary/aromatic N) is 2. The molecule has 2 aromatic rings. The summed E-state index contributed by atoms with van der Waals surface area (Å²) in [5.74, 6) is 0.908. The summed E-state index contributed by atoms with van der Waals surface area (Å²) in [6.45, 7) is 0. The molecule has 0 radical (unpaired) electrons. The third kappa shape index (κ3) is 3.33. The van der Waals surface area contributed by atoms with Crippen LogP contribution in [0, 0.1) is 11.3 Å². The highest BCUT2D eigenvalue weighted by Crippen LogP contribution is 2.18. The fraction of sp³-hybridized carbons (Fsp3) is 0.133. The summed E-state index contributed by atoms with van der Waals surface area (Å²) >= 11 is 0. The van der Waals surface area contributed by atoms with Gasteiger partial charge in [0.05, 0.1) is 19.1 Å². The lowest BCUT2D eigenvalue weighted by molar-refractivity contribution is -0.115. The van der Waals surface area contributed by atoms with Crippen molar-refractivity contribution in [1.29, 1.82) is 5.26 Å². The number of para-hydroxylation sites is 1. The number of ether oxygens (including phenoxy) is 1. The second-order valence-corrected chi connectivity index (χ2v) is 4.08. The van der Waals surface area contributed by atoms with Gasteiger partial charge in [-0.05, 0) is 18.2 Å². The van der Waals surface area contributed by atoms with Gasteiger partial charge in [-0.3, -0.25) is 4.79 Å². The lowest BCUT2D eigenvalue weighted by Gasteiger charge is -2.08. The molecule has 100 valence electrons. The third-order valence-electron chi connectivity index (χ3n) is 2.70. The van der Waals surface area contributed by atoms with Gasteiger partial charge >= 0.3 is 0 Å². The standard InChI is InChI=1S/C15H13N3O2/c1-20-13-5-3-2-4-12(13)8-15(19)18-14-7-6-11(9-16)10-17-14/h2-7,10H,8H2,1H3,(H,17,18,19). The van der Waals surface area contributed by atoms with Gasteiger partial charge in [-0.1, -0.05) is 18.2 Å². The van der Waals surface area contributed by atoms with E-state index in [2.05, 4.69) is 10.3 Å². The number of anilines is 1. The van der Waals surface area contributed by atoms with E-state index in [9.17, 15) is 4.79 Å². The molecule has 0 saturated heterocycles. The molecule has 1 N–H and O–H groups in total. The largest absolute Gasteiger partial charge is 0.496 e. The maximum atomic E-state index is 11.9. The molecular weight excluding hydrogens is 254 g/mol. The van der Waals surface area contributed by atoms with Crippen molar-refractivity contribution in [2.45, 2.75) is 6.42 Å². The maximum Gasteiger partial charge on any atom is 0.230 e. The summed E-state index contributed by atoms with van der Waals surface area (Å²) in [6.07, 6.45) is 1.62. The zero-order valence-electron chi connectivity index (χ0n) is 11.0. The highest BCUT2D eigenvalue weighted by molar-refractivity contribution is 5.91. The third-order valence-corrected chi connectivity index (χ3v) is 2.70. The molecule has 1 amide bonds. The van der Waals surface area contributed by atoms with Crippen LogP contribution in [-0.2, 0) is 11.2 Å². The molecule has 0 fully saturated rings. The number of benzene rings is 1. The Hall–Kier alpha value is -2.87. The molecule has 1 aromatic heterocycles. The summed E-state index contributed by atoms with van der Waals surface area (Å²) in [5, 5.41) is 11.3. The molecule has 0 aliphatic heterocycles. The number of carbonyl (C=O) groups excluding carboxylic acids is 1. The molecule has 20 heavy (non-hydrogen) atoms. The van der Waals surface area contributed by atoms with Crippen LogP contribution in [0.25, 0.3) is 0 Å². The quantitative estimate of drug-likeness (QED) is 0.920. The minimum atomic E-state index is -0.188. The van der Waals surface area contributed by atoms with E-state index in [1.807, 2.05) is 30.3 Å². The number of rotatable bonds is 4. The average Bonchev–Trinajstić information content (AvgIpc) is 2.48. The number of nitrogens with one attached hydrogen (secondary N) is 1. The summed E-state index contributed by atoms with van der Waals surface area (Å²) < 4.78 is 5.20. The van der Waals surface area contributed by atoms with E-state index in [0.717, 1.165) is 5.56 Å². The molecule has 0 aliphatic rings. The van der Waals surface area contributed by atoms with Crippen LogP contribution in [0.5, 0.6) is 5.75 Å². The Morgan fingerprint density at radius 1 is 1.35 bits per heavy atom. The van der Waals surface area contributed by atoms with E-state index in [4.69, 9.17) is 10.00 Å². The number of hydrogen-bond donors (Lipinski definition) is 1. The predicted octanol–water partition coefficient (Wildman–Crippen LogP) is 2.14. The molecule has 2 rings (SSSR count). The second-order valence-electron chi connectivity index (χ2n) is 4.08. The molecule has 0 atom stereocenters. The monoisotopic (exact) mass is 267 g/mol. The van der Waals surface area contributed by atoms with Crippen molar-refractivity contribution in [1.82, 2.24) is 4.98 Å². The highest BCUT2D eigenvalue weighted by Gasteiger charge is 2.08. The van der Waals surface area contributed by atoms with Crippen LogP contribution in [0.4, 0.5) is 5.82 Å². The van der Waals surface area contributed by atoms with E-state index in [1.165, 1.54) is 6.20 Å². The Kier molecular flexibility index (Phi) is 4.30. The van der Waals surface area contributed by atoms with E-state index in [0.29, 0.717) is 17.1 Å². The van der Waals surface area contributed by atoms with Gasteiger partial charge in [0.15, 0.2) is 0 Å². The summed E-state index contributed by atoms with van der Waals surface area (Å²) in [7, 11) is 1.57. The van der Waals surface area contributed by atoms with E-state index >= 15 is 0 Å². The Morgan fingerprint density at radius 3 is 2.80 bits per heavy atom. The average molecular weight is 267 g/mol. The number of aromatic nitrogens is 1. The Labute approximate surface area is 116 Å². The number of amides is 1. The molecular formula is C15H13N3O2. The molecule has 1 heterocycles. The lowest BCUT2D eigenvalue weighted by atomic mass is 10.1. The van der Waals surface area contributed by atoms with Crippen molar-refractivity contribution in [3.8, 4) is 11.8 Å². The molecule has 0 spiro atoms. The Morgan fingerprint density at radius 2 is 2.15 bits per heavy atom. The van der Waals surface area contributed by atoms with Gasteiger partial charge in [0.1, 0.15) is 17.6 Å². The molecule has 1 aromatic carbocycles. The van der Waals surface area contributed by atoms with Gasteiger partial charge in [0.2, 0.25) is 5.91 Å². The number of methoxy groups -OCH3 is 1. The van der Waals surface area contributed by atoms with Gasteiger partial charge in [-0.25, -0.2) is 4.98 Å². The molecule has 0 saturated carbocycles. The van der Waals surface area contributed by atoms with E-state index in [-0.39, 0.29) is 12.3 Å². The number of nitriles is 1. The van der Waals surface area contributed by atoms with Crippen molar-refractivity contribution in [3.05, 3.63) is 53.7 Å². The van der Waals surface area contributed by atoms with Crippen LogP contribution >= 0.6 is 0 Å². The smallest absolute Gasteiger partial charge is 0.230 e. The first kappa shape index (κ1) is 13.6. The topological polar surface area (TPSA) is 75.0 Å². The normalized spacial score (nSPS) is 9.60. The van der Waals surface area contributed by atoms with Gasteiger partial charge in [0, 0.05) is 11.8 Å². The lowest BCUT2D eigenvalue weighted by Crippen LogP contribution is -2.15. The van der Waals surface area contributed by atoms with Crippen LogP contribution in [0.15, 0.2) is 42.6 Å². The van der Waals surface area contributed by atoms with Gasteiger partial charge < -0.3 is 10.1 Å². The first-order chi connectivity index (χ1) is 9.72. The maximum absolute atomic E-state index is 11.9. The number of carbonyl (C=O) groups is 1. The van der Waals surface area contributed by atoms with Crippen molar-refractivity contribution >= 4 is 11.7 Å². The zero-order chi connectivity index (χ0) is 14.4. The fourth-order valence-electron chi connectivity index (χ4n) is 1.74. The van der Waals surface area contributed by atoms with Crippen LogP contribution in [0.3, 0.4) is 0 Å². The summed E-state index contributed by atoms with van der Waals surface area (Å²) in [4.78, 5) is 15.9. The van der Waals surface area contributed by atoms with Crippen LogP contribution in [-0.4, -0.2) is 18.0 Å². The molecule has 5 nitrogen and oxygen atoms in total.